The fourth-order valence-electron chi connectivity index (χ4n) is 3.05. The molecular weight excluding hydrogens is 386 g/mol. The lowest BCUT2D eigenvalue weighted by molar-refractivity contribution is 0.152. The monoisotopic (exact) mass is 411 g/mol. The molecule has 5 nitrogen and oxygen atoms in total. The molecule has 0 unspecified atom stereocenters. The Morgan fingerprint density at radius 3 is 2.66 bits per heavy atom. The van der Waals surface area contributed by atoms with E-state index < -0.39 is 0 Å². The van der Waals surface area contributed by atoms with E-state index in [1.807, 2.05) is 55.6 Å². The first-order valence-corrected chi connectivity index (χ1v) is 9.93. The quantitative estimate of drug-likeness (QED) is 0.555. The van der Waals surface area contributed by atoms with Crippen LogP contribution in [-0.4, -0.2) is 35.8 Å². The zero-order valence-electron chi connectivity index (χ0n) is 16.8. The van der Waals surface area contributed by atoms with Crippen LogP contribution in [0.3, 0.4) is 0 Å². The Hall–Kier alpha value is -2.76. The third-order valence-corrected chi connectivity index (χ3v) is 5.15. The van der Waals surface area contributed by atoms with Gasteiger partial charge in [-0.2, -0.15) is 0 Å². The van der Waals surface area contributed by atoms with E-state index in [9.17, 15) is 4.79 Å². The van der Waals surface area contributed by atoms with Crippen molar-refractivity contribution in [2.45, 2.75) is 20.0 Å². The van der Waals surface area contributed by atoms with Crippen molar-refractivity contribution >= 4 is 23.3 Å². The normalized spacial score (nSPS) is 10.7. The van der Waals surface area contributed by atoms with E-state index in [0.717, 1.165) is 17.8 Å². The van der Waals surface area contributed by atoms with E-state index in [1.165, 1.54) is 5.56 Å². The number of ether oxygens (including phenoxy) is 1. The van der Waals surface area contributed by atoms with Crippen LogP contribution >= 0.6 is 11.6 Å². The molecule has 0 bridgehead atoms. The number of hydrogen-bond acceptors (Lipinski definition) is 2. The van der Waals surface area contributed by atoms with Crippen LogP contribution in [0.15, 0.2) is 66.9 Å². The number of rotatable bonds is 8. The fourth-order valence-corrected chi connectivity index (χ4v) is 3.23. The second kappa shape index (κ2) is 10.1. The summed E-state index contributed by atoms with van der Waals surface area (Å²) in [5.41, 5.74) is 3.92. The summed E-state index contributed by atoms with van der Waals surface area (Å²) in [5.74, 6) is 0. The van der Waals surface area contributed by atoms with Crippen molar-refractivity contribution in [1.82, 2.24) is 9.47 Å². The molecule has 0 fully saturated rings. The summed E-state index contributed by atoms with van der Waals surface area (Å²) in [6, 6.07) is 19.6. The molecule has 2 aromatic carbocycles. The van der Waals surface area contributed by atoms with Gasteiger partial charge in [0.1, 0.15) is 0 Å². The Morgan fingerprint density at radius 2 is 1.93 bits per heavy atom. The smallest absolute Gasteiger partial charge is 0.322 e. The average molecular weight is 412 g/mol. The van der Waals surface area contributed by atoms with Crippen molar-refractivity contribution in [2.24, 2.45) is 0 Å². The highest BCUT2D eigenvalue weighted by atomic mass is 35.5. The van der Waals surface area contributed by atoms with Crippen molar-refractivity contribution < 1.29 is 9.53 Å². The molecule has 0 aliphatic carbocycles. The molecule has 29 heavy (non-hydrogen) atoms. The van der Waals surface area contributed by atoms with E-state index in [4.69, 9.17) is 16.3 Å². The Balaban J connectivity index is 1.73. The third-order valence-electron chi connectivity index (χ3n) is 4.75. The Bertz CT molecular complexity index is 940. The number of aromatic nitrogens is 1. The molecule has 3 rings (SSSR count). The van der Waals surface area contributed by atoms with E-state index in [2.05, 4.69) is 22.0 Å². The average Bonchev–Trinajstić information content (AvgIpc) is 3.15. The van der Waals surface area contributed by atoms with Crippen molar-refractivity contribution in [3.05, 3.63) is 88.7 Å². The van der Waals surface area contributed by atoms with Gasteiger partial charge < -0.3 is 19.5 Å². The maximum atomic E-state index is 12.9. The van der Waals surface area contributed by atoms with Gasteiger partial charge in [0, 0.05) is 42.8 Å². The number of amides is 2. The van der Waals surface area contributed by atoms with Gasteiger partial charge in [-0.05, 0) is 42.3 Å². The number of methoxy groups -OCH3 is 1. The lowest BCUT2D eigenvalue weighted by Crippen LogP contribution is -2.37. The van der Waals surface area contributed by atoms with Gasteiger partial charge in [-0.1, -0.05) is 48.0 Å². The number of nitrogens with zero attached hydrogens (tertiary/aromatic N) is 2. The molecule has 0 atom stereocenters. The number of aryl methyl sites for hydroxylation is 1. The van der Waals surface area contributed by atoms with Crippen LogP contribution in [0.25, 0.3) is 0 Å². The molecule has 1 aromatic heterocycles. The van der Waals surface area contributed by atoms with Crippen LogP contribution in [0.4, 0.5) is 10.5 Å². The summed E-state index contributed by atoms with van der Waals surface area (Å²) in [7, 11) is 1.63. The summed E-state index contributed by atoms with van der Waals surface area (Å²) in [5, 5.41) is 3.57. The lowest BCUT2D eigenvalue weighted by Gasteiger charge is -2.24. The number of anilines is 1. The maximum absolute atomic E-state index is 12.9. The van der Waals surface area contributed by atoms with Gasteiger partial charge in [-0.25, -0.2) is 4.79 Å². The number of hydrogen-bond donors (Lipinski definition) is 1. The Kier molecular flexibility index (Phi) is 7.33. The third kappa shape index (κ3) is 5.86. The lowest BCUT2D eigenvalue weighted by atomic mass is 10.2. The highest BCUT2D eigenvalue weighted by molar-refractivity contribution is 6.31. The SMILES string of the molecule is COCCN(Cc1cccn1Cc1ccccc1)C(=O)Nc1ccc(C)c(Cl)c1. The van der Waals surface area contributed by atoms with E-state index >= 15 is 0 Å². The number of carbonyl (C=O) groups is 1. The van der Waals surface area contributed by atoms with E-state index in [0.29, 0.717) is 30.4 Å². The second-order valence-electron chi connectivity index (χ2n) is 6.92. The van der Waals surface area contributed by atoms with Gasteiger partial charge in [0.05, 0.1) is 13.2 Å². The molecule has 0 radical (unpaired) electrons. The Morgan fingerprint density at radius 1 is 1.14 bits per heavy atom. The molecular formula is C23H26ClN3O2. The molecule has 3 aromatic rings. The summed E-state index contributed by atoms with van der Waals surface area (Å²) in [6.45, 7) is 4.12. The largest absolute Gasteiger partial charge is 0.383 e. The van der Waals surface area contributed by atoms with Crippen LogP contribution < -0.4 is 5.32 Å². The van der Waals surface area contributed by atoms with Gasteiger partial charge in [-0.15, -0.1) is 0 Å². The van der Waals surface area contributed by atoms with Gasteiger partial charge in [0.2, 0.25) is 0 Å². The molecule has 0 saturated carbocycles. The zero-order chi connectivity index (χ0) is 20.6. The number of benzene rings is 2. The topological polar surface area (TPSA) is 46.5 Å². The highest BCUT2D eigenvalue weighted by Crippen LogP contribution is 2.20. The number of halogens is 1. The standard InChI is InChI=1S/C23H26ClN3O2/c1-18-10-11-20(15-22(18)24)25-23(28)27(13-14-29-2)17-21-9-6-12-26(21)16-19-7-4-3-5-8-19/h3-12,15H,13-14,16-17H2,1-2H3,(H,25,28). The van der Waals surface area contributed by atoms with Crippen LogP contribution in [0.1, 0.15) is 16.8 Å². The molecule has 0 saturated heterocycles. The minimum atomic E-state index is -0.186. The van der Waals surface area contributed by atoms with Crippen molar-refractivity contribution in [2.75, 3.05) is 25.6 Å². The number of urea groups is 1. The Labute approximate surface area is 176 Å². The van der Waals surface area contributed by atoms with E-state index in [1.54, 1.807) is 18.1 Å². The molecule has 1 heterocycles. The van der Waals surface area contributed by atoms with Gasteiger partial charge in [0.15, 0.2) is 0 Å². The first-order valence-electron chi connectivity index (χ1n) is 9.56. The molecule has 6 heteroatoms. The van der Waals surface area contributed by atoms with Crippen LogP contribution in [0.5, 0.6) is 0 Å². The van der Waals surface area contributed by atoms with E-state index in [-0.39, 0.29) is 6.03 Å². The van der Waals surface area contributed by atoms with Crippen LogP contribution in [-0.2, 0) is 17.8 Å². The zero-order valence-corrected chi connectivity index (χ0v) is 17.5. The maximum Gasteiger partial charge on any atom is 0.322 e. The summed E-state index contributed by atoms with van der Waals surface area (Å²) in [4.78, 5) is 14.7. The fraction of sp³-hybridized carbons (Fsp3) is 0.261. The molecule has 0 aliphatic rings. The first kappa shape index (κ1) is 21.0. The predicted molar refractivity (Wildman–Crippen MR) is 117 cm³/mol. The molecule has 0 aliphatic heterocycles. The number of carbonyl (C=O) groups excluding carboxylic acids is 1. The van der Waals surface area contributed by atoms with Crippen molar-refractivity contribution in [3.63, 3.8) is 0 Å². The summed E-state index contributed by atoms with van der Waals surface area (Å²) >= 11 is 6.19. The molecule has 152 valence electrons. The minimum Gasteiger partial charge on any atom is -0.383 e. The van der Waals surface area contributed by atoms with Gasteiger partial charge in [0.25, 0.3) is 0 Å². The second-order valence-corrected chi connectivity index (χ2v) is 7.33. The predicted octanol–water partition coefficient (Wildman–Crippen LogP) is 5.18. The summed E-state index contributed by atoms with van der Waals surface area (Å²) in [6.07, 6.45) is 2.04. The van der Waals surface area contributed by atoms with Gasteiger partial charge >= 0.3 is 6.03 Å². The minimum absolute atomic E-state index is 0.186. The van der Waals surface area contributed by atoms with Crippen molar-refractivity contribution in [1.29, 1.82) is 0 Å². The number of nitrogens with one attached hydrogen (secondary N) is 1. The summed E-state index contributed by atoms with van der Waals surface area (Å²) < 4.78 is 7.36. The van der Waals surface area contributed by atoms with Crippen LogP contribution in [0, 0.1) is 6.92 Å². The highest BCUT2D eigenvalue weighted by Gasteiger charge is 2.16. The first-order chi connectivity index (χ1) is 14.1. The van der Waals surface area contributed by atoms with Crippen molar-refractivity contribution in [3.8, 4) is 0 Å². The molecule has 2 amide bonds. The molecule has 0 spiro atoms. The van der Waals surface area contributed by atoms with Crippen LogP contribution in [0.2, 0.25) is 5.02 Å². The molecule has 1 N–H and O–H groups in total. The van der Waals surface area contributed by atoms with Gasteiger partial charge in [-0.3, -0.25) is 0 Å².